The fraction of sp³-hybridized carbons (Fsp3) is 0.636. The smallest absolute Gasteiger partial charge is 0.356 e. The third kappa shape index (κ3) is 1.71. The highest BCUT2D eigenvalue weighted by Gasteiger charge is 2.26. The number of imidazole rings is 1. The Morgan fingerprint density at radius 3 is 2.69 bits per heavy atom. The molecule has 1 aliphatic heterocycles. The van der Waals surface area contributed by atoms with E-state index in [1.807, 2.05) is 11.5 Å². The number of carboxylic acids is 1. The summed E-state index contributed by atoms with van der Waals surface area (Å²) in [6.45, 7) is 8.58. The lowest BCUT2D eigenvalue weighted by Crippen LogP contribution is -2.38. The van der Waals surface area contributed by atoms with Crippen LogP contribution in [0.15, 0.2) is 0 Å². The summed E-state index contributed by atoms with van der Waals surface area (Å²) in [4.78, 5) is 17.5. The highest BCUT2D eigenvalue weighted by molar-refractivity contribution is 5.86. The maximum absolute atomic E-state index is 11.1. The van der Waals surface area contributed by atoms with Crippen LogP contribution in [0.5, 0.6) is 0 Å². The second-order valence-electron chi connectivity index (χ2n) is 4.48. The predicted molar refractivity (Wildman–Crippen MR) is 59.5 cm³/mol. The van der Waals surface area contributed by atoms with Crippen molar-refractivity contribution in [1.29, 1.82) is 0 Å². The van der Waals surface area contributed by atoms with Crippen LogP contribution < -0.4 is 0 Å². The molecular weight excluding hydrogens is 206 g/mol. The van der Waals surface area contributed by atoms with Crippen molar-refractivity contribution in [1.82, 2.24) is 14.5 Å². The normalized spacial score (nSPS) is 16.5. The zero-order chi connectivity index (χ0) is 11.9. The molecule has 2 rings (SSSR count). The van der Waals surface area contributed by atoms with Gasteiger partial charge in [0, 0.05) is 25.7 Å². The largest absolute Gasteiger partial charge is 0.476 e. The third-order valence-corrected chi connectivity index (χ3v) is 3.16. The van der Waals surface area contributed by atoms with Crippen molar-refractivity contribution in [2.24, 2.45) is 0 Å². The van der Waals surface area contributed by atoms with Crippen LogP contribution in [0, 0.1) is 6.92 Å². The number of hydrogen-bond acceptors (Lipinski definition) is 3. The zero-order valence-corrected chi connectivity index (χ0v) is 9.90. The summed E-state index contributed by atoms with van der Waals surface area (Å²) >= 11 is 0. The van der Waals surface area contributed by atoms with Crippen LogP contribution in [-0.2, 0) is 13.1 Å². The van der Waals surface area contributed by atoms with Crippen LogP contribution >= 0.6 is 0 Å². The van der Waals surface area contributed by atoms with Gasteiger partial charge in [-0.05, 0) is 20.8 Å². The fourth-order valence-corrected chi connectivity index (χ4v) is 2.18. The highest BCUT2D eigenvalue weighted by atomic mass is 16.4. The van der Waals surface area contributed by atoms with Gasteiger partial charge in [-0.15, -0.1) is 0 Å². The molecule has 0 spiro atoms. The first kappa shape index (κ1) is 11.1. The monoisotopic (exact) mass is 223 g/mol. The van der Waals surface area contributed by atoms with Gasteiger partial charge in [0.25, 0.3) is 0 Å². The molecule has 0 bridgehead atoms. The number of carbonyl (C=O) groups is 1. The number of rotatable bonds is 2. The molecule has 2 heterocycles. The van der Waals surface area contributed by atoms with E-state index in [2.05, 4.69) is 23.7 Å². The number of aromatic carboxylic acids is 1. The molecule has 5 nitrogen and oxygen atoms in total. The first-order chi connectivity index (χ1) is 7.50. The summed E-state index contributed by atoms with van der Waals surface area (Å²) in [5.74, 6) is -0.127. The number of hydrogen-bond donors (Lipinski definition) is 1. The summed E-state index contributed by atoms with van der Waals surface area (Å²) < 4.78 is 2.02. The molecule has 1 aromatic rings. The Hall–Kier alpha value is -1.36. The molecule has 5 heteroatoms. The lowest BCUT2D eigenvalue weighted by atomic mass is 10.2. The first-order valence-electron chi connectivity index (χ1n) is 5.54. The SMILES string of the molecule is Cc1nc(C(=O)O)c2n1CCN(C(C)C)C2. The number of nitrogens with zero attached hydrogens (tertiary/aromatic N) is 3. The highest BCUT2D eigenvalue weighted by Crippen LogP contribution is 2.20. The van der Waals surface area contributed by atoms with Gasteiger partial charge < -0.3 is 9.67 Å². The molecule has 88 valence electrons. The molecule has 0 atom stereocenters. The van der Waals surface area contributed by atoms with Gasteiger partial charge in [0.05, 0.1) is 5.69 Å². The van der Waals surface area contributed by atoms with Crippen LogP contribution in [0.3, 0.4) is 0 Å². The second kappa shape index (κ2) is 3.90. The van der Waals surface area contributed by atoms with Gasteiger partial charge >= 0.3 is 5.97 Å². The molecule has 0 saturated carbocycles. The van der Waals surface area contributed by atoms with Gasteiger partial charge in [-0.1, -0.05) is 0 Å². The molecule has 0 amide bonds. The molecule has 16 heavy (non-hydrogen) atoms. The Balaban J connectivity index is 2.39. The Morgan fingerprint density at radius 1 is 1.44 bits per heavy atom. The molecule has 0 saturated heterocycles. The van der Waals surface area contributed by atoms with E-state index in [9.17, 15) is 4.79 Å². The molecule has 0 unspecified atom stereocenters. The van der Waals surface area contributed by atoms with Crippen LogP contribution in [0.4, 0.5) is 0 Å². The Bertz CT molecular complexity index is 423. The van der Waals surface area contributed by atoms with Crippen molar-refractivity contribution >= 4 is 5.97 Å². The van der Waals surface area contributed by atoms with Gasteiger partial charge in [0.2, 0.25) is 0 Å². The topological polar surface area (TPSA) is 58.4 Å². The molecule has 1 N–H and O–H groups in total. The third-order valence-electron chi connectivity index (χ3n) is 3.16. The minimum atomic E-state index is -0.928. The zero-order valence-electron chi connectivity index (χ0n) is 9.90. The molecule has 0 fully saturated rings. The van der Waals surface area contributed by atoms with E-state index in [1.54, 1.807) is 0 Å². The van der Waals surface area contributed by atoms with E-state index in [4.69, 9.17) is 5.11 Å². The number of carboxylic acid groups (broad SMARTS) is 1. The van der Waals surface area contributed by atoms with Crippen molar-refractivity contribution in [3.8, 4) is 0 Å². The fourth-order valence-electron chi connectivity index (χ4n) is 2.18. The van der Waals surface area contributed by atoms with Gasteiger partial charge in [0.1, 0.15) is 5.82 Å². The molecule has 0 aromatic carbocycles. The molecular formula is C11H17N3O2. The minimum absolute atomic E-state index is 0.211. The number of aromatic nitrogens is 2. The first-order valence-corrected chi connectivity index (χ1v) is 5.54. The molecule has 1 aliphatic rings. The summed E-state index contributed by atoms with van der Waals surface area (Å²) in [7, 11) is 0. The average Bonchev–Trinajstić information content (AvgIpc) is 2.56. The van der Waals surface area contributed by atoms with Crippen molar-refractivity contribution in [2.45, 2.75) is 39.9 Å². The summed E-state index contributed by atoms with van der Waals surface area (Å²) in [6.07, 6.45) is 0. The van der Waals surface area contributed by atoms with E-state index in [0.717, 1.165) is 24.6 Å². The van der Waals surface area contributed by atoms with Crippen molar-refractivity contribution in [2.75, 3.05) is 6.54 Å². The lowest BCUT2D eigenvalue weighted by Gasteiger charge is -2.31. The maximum atomic E-state index is 11.1. The molecule has 1 aromatic heterocycles. The van der Waals surface area contributed by atoms with Gasteiger partial charge in [-0.2, -0.15) is 0 Å². The van der Waals surface area contributed by atoms with Crippen molar-refractivity contribution < 1.29 is 9.90 Å². The predicted octanol–water partition coefficient (Wildman–Crippen LogP) is 1.11. The van der Waals surface area contributed by atoms with Crippen LogP contribution in [-0.4, -0.2) is 38.1 Å². The number of aryl methyl sites for hydroxylation is 1. The maximum Gasteiger partial charge on any atom is 0.356 e. The van der Waals surface area contributed by atoms with Crippen molar-refractivity contribution in [3.05, 3.63) is 17.2 Å². The van der Waals surface area contributed by atoms with Crippen LogP contribution in [0.25, 0.3) is 0 Å². The Morgan fingerprint density at radius 2 is 2.12 bits per heavy atom. The molecule has 0 aliphatic carbocycles. The number of fused-ring (bicyclic) bond motifs is 1. The van der Waals surface area contributed by atoms with Gasteiger partial charge in [0.15, 0.2) is 5.69 Å². The molecule has 0 radical (unpaired) electrons. The average molecular weight is 223 g/mol. The van der Waals surface area contributed by atoms with Gasteiger partial charge in [-0.25, -0.2) is 9.78 Å². The second-order valence-corrected chi connectivity index (χ2v) is 4.48. The summed E-state index contributed by atoms with van der Waals surface area (Å²) in [6, 6.07) is 0.436. The van der Waals surface area contributed by atoms with E-state index in [1.165, 1.54) is 0 Å². The van der Waals surface area contributed by atoms with E-state index < -0.39 is 5.97 Å². The minimum Gasteiger partial charge on any atom is -0.476 e. The van der Waals surface area contributed by atoms with E-state index >= 15 is 0 Å². The Labute approximate surface area is 94.7 Å². The lowest BCUT2D eigenvalue weighted by molar-refractivity contribution is 0.0685. The van der Waals surface area contributed by atoms with Crippen molar-refractivity contribution in [3.63, 3.8) is 0 Å². The van der Waals surface area contributed by atoms with Gasteiger partial charge in [-0.3, -0.25) is 4.90 Å². The van der Waals surface area contributed by atoms with Crippen LogP contribution in [0.1, 0.15) is 35.9 Å². The van der Waals surface area contributed by atoms with E-state index in [0.29, 0.717) is 12.6 Å². The summed E-state index contributed by atoms with van der Waals surface area (Å²) in [5.41, 5.74) is 1.05. The standard InChI is InChI=1S/C11H17N3O2/c1-7(2)13-4-5-14-8(3)12-10(11(15)16)9(14)6-13/h7H,4-6H2,1-3H3,(H,15,16). The quantitative estimate of drug-likeness (QED) is 0.816. The summed E-state index contributed by atoms with van der Waals surface area (Å²) in [5, 5.41) is 9.08. The van der Waals surface area contributed by atoms with Crippen LogP contribution in [0.2, 0.25) is 0 Å². The Kier molecular flexibility index (Phi) is 2.71. The van der Waals surface area contributed by atoms with E-state index in [-0.39, 0.29) is 5.69 Å².